The van der Waals surface area contributed by atoms with E-state index in [0.717, 1.165) is 18.3 Å². The van der Waals surface area contributed by atoms with Crippen LogP contribution in [-0.2, 0) is 0 Å². The number of hydrogen-bond acceptors (Lipinski definition) is 2. The Kier molecular flexibility index (Phi) is 4.43. The molecule has 0 heterocycles. The summed E-state index contributed by atoms with van der Waals surface area (Å²) in [5.74, 6) is 1.90. The number of benzene rings is 1. The predicted octanol–water partition coefficient (Wildman–Crippen LogP) is 3.54. The summed E-state index contributed by atoms with van der Waals surface area (Å²) in [7, 11) is 2.06. The molecule has 2 heteroatoms. The third-order valence-electron chi connectivity index (χ3n) is 3.74. The molecule has 0 saturated heterocycles. The minimum atomic E-state index is 0.496. The Bertz CT molecular complexity index is 329. The van der Waals surface area contributed by atoms with Gasteiger partial charge in [0.25, 0.3) is 0 Å². The molecule has 1 aliphatic rings. The lowest BCUT2D eigenvalue weighted by molar-refractivity contribution is 0.265. The molecule has 1 saturated carbocycles. The van der Waals surface area contributed by atoms with Gasteiger partial charge in [0.05, 0.1) is 6.61 Å². The Labute approximate surface area is 104 Å². The molecular formula is C15H23NO. The summed E-state index contributed by atoms with van der Waals surface area (Å²) in [6.45, 7) is 2.75. The van der Waals surface area contributed by atoms with Gasteiger partial charge in [-0.15, -0.1) is 0 Å². The van der Waals surface area contributed by atoms with Crippen LogP contribution in [0.5, 0.6) is 5.75 Å². The summed E-state index contributed by atoms with van der Waals surface area (Å²) >= 11 is 0. The van der Waals surface area contributed by atoms with Crippen LogP contribution in [0.25, 0.3) is 0 Å². The average Bonchev–Trinajstić information content (AvgIpc) is 2.30. The summed E-state index contributed by atoms with van der Waals surface area (Å²) in [6, 6.07) is 9.01. The molecular weight excluding hydrogens is 210 g/mol. The van der Waals surface area contributed by atoms with Gasteiger partial charge in [-0.3, -0.25) is 0 Å². The zero-order valence-electron chi connectivity index (χ0n) is 10.9. The molecule has 17 heavy (non-hydrogen) atoms. The topological polar surface area (TPSA) is 21.3 Å². The van der Waals surface area contributed by atoms with Crippen molar-refractivity contribution in [3.63, 3.8) is 0 Å². The van der Waals surface area contributed by atoms with Crippen LogP contribution >= 0.6 is 0 Å². The average molecular weight is 233 g/mol. The molecule has 1 fully saturated rings. The lowest BCUT2D eigenvalue weighted by atomic mass is 9.79. The van der Waals surface area contributed by atoms with Gasteiger partial charge in [0.2, 0.25) is 0 Å². The largest absolute Gasteiger partial charge is 0.494 e. The van der Waals surface area contributed by atoms with Crippen molar-refractivity contribution in [1.29, 1.82) is 0 Å². The van der Waals surface area contributed by atoms with E-state index < -0.39 is 0 Å². The minimum Gasteiger partial charge on any atom is -0.494 e. The second kappa shape index (κ2) is 6.06. The van der Waals surface area contributed by atoms with Crippen molar-refractivity contribution in [1.82, 2.24) is 5.32 Å². The van der Waals surface area contributed by atoms with Gasteiger partial charge in [0.1, 0.15) is 5.75 Å². The molecule has 0 aromatic heterocycles. The Hall–Kier alpha value is -1.02. The molecule has 0 aliphatic heterocycles. The van der Waals surface area contributed by atoms with Gasteiger partial charge in [-0.2, -0.15) is 0 Å². The summed E-state index contributed by atoms with van der Waals surface area (Å²) in [6.07, 6.45) is 5.51. The molecule has 1 N–H and O–H groups in total. The molecule has 0 spiro atoms. The van der Waals surface area contributed by atoms with E-state index >= 15 is 0 Å². The molecule has 2 nitrogen and oxygen atoms in total. The maximum Gasteiger partial charge on any atom is 0.119 e. The maximum absolute atomic E-state index is 5.47. The first-order valence-electron chi connectivity index (χ1n) is 6.73. The van der Waals surface area contributed by atoms with Crippen LogP contribution in [0.1, 0.15) is 44.2 Å². The fraction of sp³-hybridized carbons (Fsp3) is 0.600. The highest BCUT2D eigenvalue weighted by molar-refractivity contribution is 5.29. The van der Waals surface area contributed by atoms with E-state index in [1.807, 2.05) is 6.92 Å². The van der Waals surface area contributed by atoms with E-state index in [0.29, 0.717) is 6.04 Å². The number of nitrogens with one attached hydrogen (secondary N) is 1. The van der Waals surface area contributed by atoms with Crippen molar-refractivity contribution in [2.75, 3.05) is 13.7 Å². The molecule has 1 aromatic rings. The van der Waals surface area contributed by atoms with Crippen molar-refractivity contribution in [2.24, 2.45) is 5.92 Å². The second-order valence-corrected chi connectivity index (χ2v) is 4.88. The smallest absolute Gasteiger partial charge is 0.119 e. The SMILES string of the molecule is CCOc1ccc(C(CC2CCC2)NC)cc1. The molecule has 1 atom stereocenters. The van der Waals surface area contributed by atoms with Gasteiger partial charge >= 0.3 is 0 Å². The van der Waals surface area contributed by atoms with Gasteiger partial charge in [-0.25, -0.2) is 0 Å². The molecule has 1 unspecified atom stereocenters. The van der Waals surface area contributed by atoms with Crippen molar-refractivity contribution >= 4 is 0 Å². The first-order valence-corrected chi connectivity index (χ1v) is 6.73. The first-order chi connectivity index (χ1) is 8.33. The zero-order valence-corrected chi connectivity index (χ0v) is 10.9. The van der Waals surface area contributed by atoms with E-state index in [2.05, 4.69) is 36.6 Å². The van der Waals surface area contributed by atoms with Crippen LogP contribution in [-0.4, -0.2) is 13.7 Å². The fourth-order valence-electron chi connectivity index (χ4n) is 2.45. The lowest BCUT2D eigenvalue weighted by Crippen LogP contribution is -2.23. The van der Waals surface area contributed by atoms with E-state index in [-0.39, 0.29) is 0 Å². The minimum absolute atomic E-state index is 0.496. The molecule has 94 valence electrons. The van der Waals surface area contributed by atoms with Crippen LogP contribution < -0.4 is 10.1 Å². The highest BCUT2D eigenvalue weighted by atomic mass is 16.5. The third kappa shape index (κ3) is 3.22. The molecule has 0 bridgehead atoms. The molecule has 0 radical (unpaired) electrons. The molecule has 1 aliphatic carbocycles. The second-order valence-electron chi connectivity index (χ2n) is 4.88. The van der Waals surface area contributed by atoms with Crippen molar-refractivity contribution in [3.8, 4) is 5.75 Å². The van der Waals surface area contributed by atoms with Crippen molar-refractivity contribution in [2.45, 2.75) is 38.6 Å². The number of hydrogen-bond donors (Lipinski definition) is 1. The normalized spacial score (nSPS) is 17.5. The quantitative estimate of drug-likeness (QED) is 0.811. The van der Waals surface area contributed by atoms with Crippen LogP contribution in [0.2, 0.25) is 0 Å². The maximum atomic E-state index is 5.47. The summed E-state index contributed by atoms with van der Waals surface area (Å²) < 4.78 is 5.47. The predicted molar refractivity (Wildman–Crippen MR) is 71.4 cm³/mol. The monoisotopic (exact) mass is 233 g/mol. The van der Waals surface area contributed by atoms with E-state index in [9.17, 15) is 0 Å². The Morgan fingerprint density at radius 3 is 2.47 bits per heavy atom. The third-order valence-corrected chi connectivity index (χ3v) is 3.74. The molecule has 2 rings (SSSR count). The van der Waals surface area contributed by atoms with Gasteiger partial charge in [-0.1, -0.05) is 31.4 Å². The first kappa shape index (κ1) is 12.4. The van der Waals surface area contributed by atoms with Gasteiger partial charge in [0.15, 0.2) is 0 Å². The molecule has 1 aromatic carbocycles. The number of rotatable bonds is 6. The highest BCUT2D eigenvalue weighted by Crippen LogP contribution is 2.34. The summed E-state index contributed by atoms with van der Waals surface area (Å²) in [4.78, 5) is 0. The van der Waals surface area contributed by atoms with E-state index in [1.165, 1.54) is 31.2 Å². The van der Waals surface area contributed by atoms with Crippen LogP contribution in [0.4, 0.5) is 0 Å². The summed E-state index contributed by atoms with van der Waals surface area (Å²) in [5.41, 5.74) is 1.38. The van der Waals surface area contributed by atoms with Crippen LogP contribution in [0.15, 0.2) is 24.3 Å². The van der Waals surface area contributed by atoms with Crippen molar-refractivity contribution in [3.05, 3.63) is 29.8 Å². The lowest BCUT2D eigenvalue weighted by Gasteiger charge is -2.29. The van der Waals surface area contributed by atoms with Gasteiger partial charge in [0, 0.05) is 6.04 Å². The molecule has 0 amide bonds. The van der Waals surface area contributed by atoms with Crippen molar-refractivity contribution < 1.29 is 4.74 Å². The Morgan fingerprint density at radius 1 is 1.29 bits per heavy atom. The zero-order chi connectivity index (χ0) is 12.1. The van der Waals surface area contributed by atoms with Gasteiger partial charge < -0.3 is 10.1 Å². The van der Waals surface area contributed by atoms with Gasteiger partial charge in [-0.05, 0) is 44.0 Å². The van der Waals surface area contributed by atoms with E-state index in [4.69, 9.17) is 4.74 Å². The summed E-state index contributed by atoms with van der Waals surface area (Å²) in [5, 5.41) is 3.43. The van der Waals surface area contributed by atoms with E-state index in [1.54, 1.807) is 0 Å². The number of ether oxygens (including phenoxy) is 1. The standard InChI is InChI=1S/C15H23NO/c1-3-17-14-9-7-13(8-10-14)15(16-2)11-12-5-4-6-12/h7-10,12,15-16H,3-6,11H2,1-2H3. The Balaban J connectivity index is 1.97. The van der Waals surface area contributed by atoms with Crippen LogP contribution in [0.3, 0.4) is 0 Å². The van der Waals surface area contributed by atoms with Crippen LogP contribution in [0, 0.1) is 5.92 Å². The fourth-order valence-corrected chi connectivity index (χ4v) is 2.45. The Morgan fingerprint density at radius 2 is 2.00 bits per heavy atom. The highest BCUT2D eigenvalue weighted by Gasteiger charge is 2.22.